The molecular weight excluding hydrogens is 200 g/mol. The largest absolute Gasteiger partial charge is 0.497 e. The third-order valence-corrected chi connectivity index (χ3v) is 3.68. The normalized spacial score (nSPS) is 17.9. The van der Waals surface area contributed by atoms with Crippen molar-refractivity contribution in [3.8, 4) is 5.75 Å². The van der Waals surface area contributed by atoms with Crippen molar-refractivity contribution in [1.82, 2.24) is 0 Å². The Bertz CT molecular complexity index is 331. The molecule has 0 radical (unpaired) electrons. The summed E-state index contributed by atoms with van der Waals surface area (Å²) in [6, 6.07) is 8.28. The minimum atomic E-state index is 0.276. The number of benzene rings is 1. The van der Waals surface area contributed by atoms with Gasteiger partial charge < -0.3 is 9.84 Å². The van der Waals surface area contributed by atoms with Crippen LogP contribution in [0.1, 0.15) is 37.2 Å². The zero-order chi connectivity index (χ0) is 11.4. The lowest BCUT2D eigenvalue weighted by atomic mass is 9.72. The predicted octanol–water partition coefficient (Wildman–Crippen LogP) is 2.96. The van der Waals surface area contributed by atoms with Gasteiger partial charge in [0.25, 0.3) is 0 Å². The van der Waals surface area contributed by atoms with Crippen LogP contribution in [0.15, 0.2) is 24.3 Å². The molecule has 1 aliphatic carbocycles. The van der Waals surface area contributed by atoms with Crippen molar-refractivity contribution >= 4 is 0 Å². The number of aliphatic hydroxyl groups is 1. The number of hydrogen-bond donors (Lipinski definition) is 1. The molecule has 2 rings (SSSR count). The first-order valence-electron chi connectivity index (χ1n) is 6.10. The molecule has 0 amide bonds. The van der Waals surface area contributed by atoms with Crippen LogP contribution in [-0.4, -0.2) is 18.8 Å². The molecule has 0 aromatic heterocycles. The van der Waals surface area contributed by atoms with Gasteiger partial charge in [-0.15, -0.1) is 0 Å². The molecule has 1 saturated carbocycles. The average molecular weight is 220 g/mol. The first kappa shape index (κ1) is 11.5. The monoisotopic (exact) mass is 220 g/mol. The van der Waals surface area contributed by atoms with Crippen molar-refractivity contribution in [3.05, 3.63) is 29.8 Å². The van der Waals surface area contributed by atoms with Crippen LogP contribution >= 0.6 is 0 Å². The Morgan fingerprint density at radius 3 is 2.81 bits per heavy atom. The van der Waals surface area contributed by atoms with E-state index in [1.807, 2.05) is 12.1 Å². The van der Waals surface area contributed by atoms with E-state index in [9.17, 15) is 0 Å². The number of rotatable bonds is 5. The quantitative estimate of drug-likeness (QED) is 0.826. The van der Waals surface area contributed by atoms with E-state index < -0.39 is 0 Å². The van der Waals surface area contributed by atoms with Crippen LogP contribution in [0.25, 0.3) is 0 Å². The first-order valence-corrected chi connectivity index (χ1v) is 6.10. The highest BCUT2D eigenvalue weighted by molar-refractivity contribution is 5.31. The van der Waals surface area contributed by atoms with Crippen molar-refractivity contribution in [1.29, 1.82) is 0 Å². The topological polar surface area (TPSA) is 29.5 Å². The molecule has 1 atom stereocenters. The highest BCUT2D eigenvalue weighted by Crippen LogP contribution is 2.41. The predicted molar refractivity (Wildman–Crippen MR) is 64.8 cm³/mol. The van der Waals surface area contributed by atoms with Crippen LogP contribution in [0.5, 0.6) is 5.75 Å². The number of methoxy groups -OCH3 is 1. The molecule has 1 aromatic carbocycles. The maximum atomic E-state index is 9.16. The van der Waals surface area contributed by atoms with Crippen LogP contribution in [0.3, 0.4) is 0 Å². The third kappa shape index (κ3) is 2.38. The van der Waals surface area contributed by atoms with Crippen LogP contribution in [-0.2, 0) is 0 Å². The van der Waals surface area contributed by atoms with E-state index in [0.717, 1.165) is 18.1 Å². The molecule has 1 unspecified atom stereocenters. The van der Waals surface area contributed by atoms with Gasteiger partial charge in [0.05, 0.1) is 7.11 Å². The highest BCUT2D eigenvalue weighted by Gasteiger charge is 2.28. The molecule has 0 heterocycles. The molecule has 0 bridgehead atoms. The molecule has 2 nitrogen and oxygen atoms in total. The Morgan fingerprint density at radius 2 is 2.25 bits per heavy atom. The minimum Gasteiger partial charge on any atom is -0.497 e. The summed E-state index contributed by atoms with van der Waals surface area (Å²) < 4.78 is 5.25. The fourth-order valence-corrected chi connectivity index (χ4v) is 2.53. The van der Waals surface area contributed by atoms with Gasteiger partial charge in [0.15, 0.2) is 0 Å². The molecule has 1 aromatic rings. The van der Waals surface area contributed by atoms with Gasteiger partial charge in [-0.1, -0.05) is 18.6 Å². The molecule has 1 fully saturated rings. The van der Waals surface area contributed by atoms with Gasteiger partial charge in [-0.25, -0.2) is 0 Å². The molecule has 2 heteroatoms. The smallest absolute Gasteiger partial charge is 0.119 e. The second kappa shape index (κ2) is 5.35. The molecule has 0 spiro atoms. The van der Waals surface area contributed by atoms with Crippen LogP contribution in [0, 0.1) is 5.92 Å². The lowest BCUT2D eigenvalue weighted by Crippen LogP contribution is -2.21. The molecular formula is C14H20O2. The fourth-order valence-electron chi connectivity index (χ4n) is 2.53. The Morgan fingerprint density at radius 1 is 1.44 bits per heavy atom. The van der Waals surface area contributed by atoms with E-state index in [1.54, 1.807) is 7.11 Å². The zero-order valence-corrected chi connectivity index (χ0v) is 9.86. The molecule has 88 valence electrons. The Labute approximate surface area is 97.3 Å². The number of ether oxygens (including phenoxy) is 1. The van der Waals surface area contributed by atoms with Crippen molar-refractivity contribution in [2.75, 3.05) is 13.7 Å². The lowest BCUT2D eigenvalue weighted by Gasteiger charge is -2.34. The van der Waals surface area contributed by atoms with E-state index in [0.29, 0.717) is 5.92 Å². The molecule has 0 saturated heterocycles. The van der Waals surface area contributed by atoms with Gasteiger partial charge in [-0.05, 0) is 48.8 Å². The summed E-state index contributed by atoms with van der Waals surface area (Å²) >= 11 is 0. The van der Waals surface area contributed by atoms with Gasteiger partial charge in [-0.3, -0.25) is 0 Å². The summed E-state index contributed by atoms with van der Waals surface area (Å²) in [5.41, 5.74) is 1.32. The second-order valence-electron chi connectivity index (χ2n) is 4.59. The Kier molecular flexibility index (Phi) is 3.83. The summed E-state index contributed by atoms with van der Waals surface area (Å²) in [5, 5.41) is 9.16. The van der Waals surface area contributed by atoms with E-state index in [1.165, 1.54) is 24.8 Å². The van der Waals surface area contributed by atoms with Crippen molar-refractivity contribution in [3.63, 3.8) is 0 Å². The highest BCUT2D eigenvalue weighted by atomic mass is 16.5. The zero-order valence-electron chi connectivity index (χ0n) is 9.86. The van der Waals surface area contributed by atoms with E-state index in [-0.39, 0.29) is 6.61 Å². The molecule has 1 N–H and O–H groups in total. The van der Waals surface area contributed by atoms with Gasteiger partial charge in [0.1, 0.15) is 5.75 Å². The van der Waals surface area contributed by atoms with Crippen LogP contribution < -0.4 is 4.74 Å². The standard InChI is InChI=1S/C14H20O2/c1-16-13-7-3-6-12(10-13)14(8-9-15)11-4-2-5-11/h3,6-7,10-11,14-15H,2,4-5,8-9H2,1H3. The van der Waals surface area contributed by atoms with Gasteiger partial charge in [0.2, 0.25) is 0 Å². The summed E-state index contributed by atoms with van der Waals surface area (Å²) in [6.07, 6.45) is 4.83. The van der Waals surface area contributed by atoms with E-state index >= 15 is 0 Å². The Balaban J connectivity index is 2.16. The van der Waals surface area contributed by atoms with Crippen LogP contribution in [0.2, 0.25) is 0 Å². The number of aliphatic hydroxyl groups excluding tert-OH is 1. The van der Waals surface area contributed by atoms with E-state index in [2.05, 4.69) is 12.1 Å². The van der Waals surface area contributed by atoms with E-state index in [4.69, 9.17) is 9.84 Å². The van der Waals surface area contributed by atoms with Gasteiger partial charge in [-0.2, -0.15) is 0 Å². The third-order valence-electron chi connectivity index (χ3n) is 3.68. The Hall–Kier alpha value is -1.02. The maximum Gasteiger partial charge on any atom is 0.119 e. The summed E-state index contributed by atoms with van der Waals surface area (Å²) in [4.78, 5) is 0. The lowest BCUT2D eigenvalue weighted by molar-refractivity contribution is 0.206. The average Bonchev–Trinajstić information content (AvgIpc) is 2.26. The molecule has 0 aliphatic heterocycles. The second-order valence-corrected chi connectivity index (χ2v) is 4.59. The van der Waals surface area contributed by atoms with Gasteiger partial charge in [0, 0.05) is 6.61 Å². The first-order chi connectivity index (χ1) is 7.85. The molecule has 16 heavy (non-hydrogen) atoms. The number of hydrogen-bond acceptors (Lipinski definition) is 2. The SMILES string of the molecule is COc1cccc(C(CCO)C2CCC2)c1. The summed E-state index contributed by atoms with van der Waals surface area (Å²) in [5.74, 6) is 2.19. The van der Waals surface area contributed by atoms with Crippen molar-refractivity contribution in [2.45, 2.75) is 31.6 Å². The molecule has 1 aliphatic rings. The maximum absolute atomic E-state index is 9.16. The fraction of sp³-hybridized carbons (Fsp3) is 0.571. The van der Waals surface area contributed by atoms with Crippen molar-refractivity contribution in [2.24, 2.45) is 5.92 Å². The van der Waals surface area contributed by atoms with Crippen molar-refractivity contribution < 1.29 is 9.84 Å². The van der Waals surface area contributed by atoms with Gasteiger partial charge >= 0.3 is 0 Å². The minimum absolute atomic E-state index is 0.276. The summed E-state index contributed by atoms with van der Waals surface area (Å²) in [6.45, 7) is 0.276. The van der Waals surface area contributed by atoms with Crippen LogP contribution in [0.4, 0.5) is 0 Å². The summed E-state index contributed by atoms with van der Waals surface area (Å²) in [7, 11) is 1.70.